The van der Waals surface area contributed by atoms with Gasteiger partial charge in [-0.15, -0.1) is 0 Å². The molecule has 0 spiro atoms. The van der Waals surface area contributed by atoms with Crippen molar-refractivity contribution >= 4 is 27.6 Å². The molecule has 0 aliphatic rings. The van der Waals surface area contributed by atoms with Crippen molar-refractivity contribution in [1.29, 1.82) is 0 Å². The molecule has 0 bridgehead atoms. The fourth-order valence-electron chi connectivity index (χ4n) is 4.22. The number of ether oxygens (including phenoxy) is 2. The summed E-state index contributed by atoms with van der Waals surface area (Å²) in [5.41, 5.74) is 2.22. The molecule has 5 heteroatoms. The number of aromatic carboxylic acids is 1. The number of hydrogen-bond donors (Lipinski definition) is 1. The van der Waals surface area contributed by atoms with Gasteiger partial charge in [-0.05, 0) is 47.7 Å². The Hall–Kier alpha value is -4.25. The molecule has 5 aromatic rings. The van der Waals surface area contributed by atoms with Crippen molar-refractivity contribution < 1.29 is 19.4 Å². The Morgan fingerprint density at radius 1 is 0.794 bits per heavy atom. The molecular formula is C29H25NO4. The van der Waals surface area contributed by atoms with Crippen LogP contribution in [0.3, 0.4) is 0 Å². The van der Waals surface area contributed by atoms with Crippen LogP contribution >= 0.6 is 0 Å². The largest absolute Gasteiger partial charge is 0.493 e. The zero-order chi connectivity index (χ0) is 23.3. The second-order valence-corrected chi connectivity index (χ2v) is 8.16. The van der Waals surface area contributed by atoms with E-state index in [-0.39, 0.29) is 5.69 Å². The topological polar surface area (TPSA) is 60.7 Å². The SMILES string of the molecule is O=C(O)c1cc2cc(OCc3ccccc3)ccc2n1CCCOc1cccc2ccccc12. The van der Waals surface area contributed by atoms with Crippen LogP contribution in [0.2, 0.25) is 0 Å². The highest BCUT2D eigenvalue weighted by molar-refractivity contribution is 5.95. The molecule has 0 unspecified atom stereocenters. The maximum Gasteiger partial charge on any atom is 0.352 e. The summed E-state index contributed by atoms with van der Waals surface area (Å²) in [7, 11) is 0. The molecule has 0 aliphatic carbocycles. The summed E-state index contributed by atoms with van der Waals surface area (Å²) in [5, 5.41) is 12.8. The number of benzene rings is 4. The summed E-state index contributed by atoms with van der Waals surface area (Å²) in [4.78, 5) is 11.9. The Kier molecular flexibility index (Phi) is 6.17. The van der Waals surface area contributed by atoms with Crippen LogP contribution in [0, 0.1) is 0 Å². The number of rotatable bonds is 9. The lowest BCUT2D eigenvalue weighted by atomic mass is 10.1. The summed E-state index contributed by atoms with van der Waals surface area (Å²) in [6.07, 6.45) is 0.680. The normalized spacial score (nSPS) is 11.1. The Morgan fingerprint density at radius 2 is 1.59 bits per heavy atom. The fraction of sp³-hybridized carbons (Fsp3) is 0.138. The molecule has 34 heavy (non-hydrogen) atoms. The number of fused-ring (bicyclic) bond motifs is 2. The molecule has 0 atom stereocenters. The molecule has 5 nitrogen and oxygen atoms in total. The number of hydrogen-bond acceptors (Lipinski definition) is 3. The van der Waals surface area contributed by atoms with Crippen molar-refractivity contribution in [3.05, 3.63) is 108 Å². The van der Waals surface area contributed by atoms with E-state index in [4.69, 9.17) is 9.47 Å². The van der Waals surface area contributed by atoms with E-state index in [1.807, 2.05) is 83.4 Å². The molecule has 0 aliphatic heterocycles. The summed E-state index contributed by atoms with van der Waals surface area (Å²) in [5.74, 6) is 0.608. The molecule has 0 amide bonds. The zero-order valence-corrected chi connectivity index (χ0v) is 18.7. The lowest BCUT2D eigenvalue weighted by Crippen LogP contribution is -2.11. The Labute approximate surface area is 197 Å². The lowest BCUT2D eigenvalue weighted by Gasteiger charge is -2.12. The number of aromatic nitrogens is 1. The van der Waals surface area contributed by atoms with Gasteiger partial charge in [0.05, 0.1) is 6.61 Å². The average Bonchev–Trinajstić information content (AvgIpc) is 3.24. The van der Waals surface area contributed by atoms with Crippen LogP contribution in [0.1, 0.15) is 22.5 Å². The molecular weight excluding hydrogens is 426 g/mol. The van der Waals surface area contributed by atoms with Crippen molar-refractivity contribution in [2.24, 2.45) is 0 Å². The smallest absolute Gasteiger partial charge is 0.352 e. The van der Waals surface area contributed by atoms with Gasteiger partial charge in [0, 0.05) is 22.8 Å². The highest BCUT2D eigenvalue weighted by Gasteiger charge is 2.15. The molecule has 1 heterocycles. The van der Waals surface area contributed by atoms with Crippen LogP contribution in [-0.2, 0) is 13.2 Å². The van der Waals surface area contributed by atoms with Gasteiger partial charge in [-0.2, -0.15) is 0 Å². The predicted octanol–water partition coefficient (Wildman–Crippen LogP) is 6.54. The maximum atomic E-state index is 11.9. The second-order valence-electron chi connectivity index (χ2n) is 8.16. The van der Waals surface area contributed by atoms with Crippen molar-refractivity contribution in [2.75, 3.05) is 6.61 Å². The second kappa shape index (κ2) is 9.71. The van der Waals surface area contributed by atoms with Crippen molar-refractivity contribution in [3.8, 4) is 11.5 Å². The maximum absolute atomic E-state index is 11.9. The van der Waals surface area contributed by atoms with E-state index in [1.165, 1.54) is 0 Å². The van der Waals surface area contributed by atoms with Crippen LogP contribution < -0.4 is 9.47 Å². The van der Waals surface area contributed by atoms with E-state index in [1.54, 1.807) is 6.07 Å². The van der Waals surface area contributed by atoms with Gasteiger partial charge < -0.3 is 19.1 Å². The molecule has 0 saturated heterocycles. The standard InChI is InChI=1S/C29H25NO4/c31-29(32)27-19-23-18-24(34-20-21-8-2-1-3-9-21)14-15-26(23)30(27)16-7-17-33-28-13-6-11-22-10-4-5-12-25(22)28/h1-6,8-15,18-19H,7,16-17,20H2,(H,31,32). The summed E-state index contributed by atoms with van der Waals surface area (Å²) >= 11 is 0. The van der Waals surface area contributed by atoms with Gasteiger partial charge >= 0.3 is 5.97 Å². The molecule has 0 saturated carbocycles. The number of carboxylic acids is 1. The van der Waals surface area contributed by atoms with Gasteiger partial charge in [0.25, 0.3) is 0 Å². The highest BCUT2D eigenvalue weighted by atomic mass is 16.5. The quantitative estimate of drug-likeness (QED) is 0.259. The third-order valence-corrected chi connectivity index (χ3v) is 5.87. The van der Waals surface area contributed by atoms with Crippen LogP contribution in [0.25, 0.3) is 21.7 Å². The zero-order valence-electron chi connectivity index (χ0n) is 18.7. The fourth-order valence-corrected chi connectivity index (χ4v) is 4.22. The van der Waals surface area contributed by atoms with Crippen molar-refractivity contribution in [3.63, 3.8) is 0 Å². The monoisotopic (exact) mass is 451 g/mol. The first kappa shape index (κ1) is 21.6. The summed E-state index contributed by atoms with van der Waals surface area (Å²) in [6.45, 7) is 1.50. The molecule has 0 fully saturated rings. The van der Waals surface area contributed by atoms with E-state index in [9.17, 15) is 9.90 Å². The first-order chi connectivity index (χ1) is 16.7. The van der Waals surface area contributed by atoms with Gasteiger partial charge in [0.1, 0.15) is 23.8 Å². The Morgan fingerprint density at radius 3 is 2.44 bits per heavy atom. The third-order valence-electron chi connectivity index (χ3n) is 5.87. The summed E-state index contributed by atoms with van der Waals surface area (Å²) in [6, 6.07) is 31.5. The number of carboxylic acid groups (broad SMARTS) is 1. The first-order valence-electron chi connectivity index (χ1n) is 11.3. The Balaban J connectivity index is 1.29. The third kappa shape index (κ3) is 4.59. The number of nitrogens with zero attached hydrogens (tertiary/aromatic N) is 1. The van der Waals surface area contributed by atoms with E-state index in [0.717, 1.165) is 33.0 Å². The molecule has 0 radical (unpaired) electrons. The van der Waals surface area contributed by atoms with Crippen LogP contribution in [-0.4, -0.2) is 22.2 Å². The van der Waals surface area contributed by atoms with Crippen LogP contribution in [0.15, 0.2) is 97.1 Å². The van der Waals surface area contributed by atoms with Gasteiger partial charge in [-0.25, -0.2) is 4.79 Å². The minimum absolute atomic E-state index is 0.264. The minimum atomic E-state index is -0.946. The summed E-state index contributed by atoms with van der Waals surface area (Å²) < 4.78 is 13.8. The van der Waals surface area contributed by atoms with Gasteiger partial charge in [0.2, 0.25) is 0 Å². The average molecular weight is 452 g/mol. The highest BCUT2D eigenvalue weighted by Crippen LogP contribution is 2.27. The minimum Gasteiger partial charge on any atom is -0.493 e. The lowest BCUT2D eigenvalue weighted by molar-refractivity contribution is 0.0685. The number of carbonyl (C=O) groups is 1. The van der Waals surface area contributed by atoms with E-state index in [2.05, 4.69) is 12.1 Å². The molecule has 1 aromatic heterocycles. The molecule has 4 aromatic carbocycles. The van der Waals surface area contributed by atoms with Crippen molar-refractivity contribution in [2.45, 2.75) is 19.6 Å². The van der Waals surface area contributed by atoms with Crippen LogP contribution in [0.5, 0.6) is 11.5 Å². The van der Waals surface area contributed by atoms with E-state index in [0.29, 0.717) is 31.9 Å². The van der Waals surface area contributed by atoms with Crippen LogP contribution in [0.4, 0.5) is 0 Å². The Bertz CT molecular complexity index is 1430. The molecule has 1 N–H and O–H groups in total. The van der Waals surface area contributed by atoms with Gasteiger partial charge in [-0.3, -0.25) is 0 Å². The van der Waals surface area contributed by atoms with Gasteiger partial charge in [0.15, 0.2) is 0 Å². The molecule has 170 valence electrons. The van der Waals surface area contributed by atoms with E-state index >= 15 is 0 Å². The first-order valence-corrected chi connectivity index (χ1v) is 11.3. The molecule has 5 rings (SSSR count). The number of aryl methyl sites for hydroxylation is 1. The van der Waals surface area contributed by atoms with E-state index < -0.39 is 5.97 Å². The van der Waals surface area contributed by atoms with Crippen molar-refractivity contribution in [1.82, 2.24) is 4.57 Å². The van der Waals surface area contributed by atoms with Gasteiger partial charge in [-0.1, -0.05) is 66.7 Å². The predicted molar refractivity (Wildman–Crippen MR) is 134 cm³/mol.